The van der Waals surface area contributed by atoms with Gasteiger partial charge in [0, 0.05) is 17.1 Å². The molecule has 1 aromatic heterocycles. The number of anilines is 1. The Bertz CT molecular complexity index is 566. The molecule has 1 saturated carbocycles. The van der Waals surface area contributed by atoms with E-state index in [0.717, 1.165) is 37.2 Å². The van der Waals surface area contributed by atoms with E-state index in [1.807, 2.05) is 0 Å². The Hall–Kier alpha value is -0.980. The number of aliphatic hydroxyl groups is 1. The number of nitrogens with zero attached hydrogens (tertiary/aromatic N) is 3. The van der Waals surface area contributed by atoms with Gasteiger partial charge in [-0.05, 0) is 25.7 Å². The highest BCUT2D eigenvalue weighted by Gasteiger charge is 2.43. The molecular weight excluding hydrogens is 298 g/mol. The number of rotatable bonds is 2. The quantitative estimate of drug-likeness (QED) is 0.911. The standard InChI is InChI=1S/C13H16ClN3O2S/c1-7-15-13(20-16-7)17-11(18)9(10(14)12(17)19)8-5-3-2-4-6-8/h8,11,18H,2-6H2,1H3. The number of carbonyl (C=O) groups excluding carboxylic acids is 1. The summed E-state index contributed by atoms with van der Waals surface area (Å²) in [6, 6.07) is 0. The van der Waals surface area contributed by atoms with Crippen molar-refractivity contribution in [3.8, 4) is 0 Å². The van der Waals surface area contributed by atoms with Crippen molar-refractivity contribution >= 4 is 34.2 Å². The smallest absolute Gasteiger partial charge is 0.274 e. The molecule has 0 bridgehead atoms. The topological polar surface area (TPSA) is 66.3 Å². The lowest BCUT2D eigenvalue weighted by atomic mass is 9.83. The lowest BCUT2D eigenvalue weighted by Gasteiger charge is -2.27. The molecule has 108 valence electrons. The van der Waals surface area contributed by atoms with Gasteiger partial charge in [-0.2, -0.15) is 4.37 Å². The lowest BCUT2D eigenvalue weighted by molar-refractivity contribution is -0.115. The minimum atomic E-state index is -0.995. The normalized spacial score (nSPS) is 24.9. The van der Waals surface area contributed by atoms with Crippen LogP contribution in [0, 0.1) is 12.8 Å². The zero-order valence-electron chi connectivity index (χ0n) is 11.2. The number of aryl methyl sites for hydroxylation is 1. The first kappa shape index (κ1) is 14.0. The zero-order valence-corrected chi connectivity index (χ0v) is 12.7. The van der Waals surface area contributed by atoms with Crippen molar-refractivity contribution in [2.45, 2.75) is 45.3 Å². The van der Waals surface area contributed by atoms with E-state index in [4.69, 9.17) is 11.6 Å². The van der Waals surface area contributed by atoms with Crippen molar-refractivity contribution in [1.29, 1.82) is 0 Å². The molecule has 0 saturated heterocycles. The molecule has 3 rings (SSSR count). The minimum Gasteiger partial charge on any atom is -0.369 e. The summed E-state index contributed by atoms with van der Waals surface area (Å²) in [6.07, 6.45) is 4.43. The summed E-state index contributed by atoms with van der Waals surface area (Å²) in [5.41, 5.74) is 0.671. The molecular formula is C13H16ClN3O2S. The van der Waals surface area contributed by atoms with Crippen LogP contribution in [0.15, 0.2) is 10.6 Å². The Morgan fingerprint density at radius 3 is 2.65 bits per heavy atom. The number of halogens is 1. The molecule has 1 fully saturated rings. The van der Waals surface area contributed by atoms with E-state index in [2.05, 4.69) is 9.36 Å². The first-order valence-corrected chi connectivity index (χ1v) is 7.96. The molecule has 0 spiro atoms. The van der Waals surface area contributed by atoms with Crippen LogP contribution in [0.3, 0.4) is 0 Å². The Kier molecular flexibility index (Phi) is 3.79. The van der Waals surface area contributed by atoms with Gasteiger partial charge in [0.15, 0.2) is 6.23 Å². The molecule has 0 radical (unpaired) electrons. The third-order valence-corrected chi connectivity index (χ3v) is 5.14. The van der Waals surface area contributed by atoms with E-state index < -0.39 is 6.23 Å². The molecule has 1 aromatic rings. The average molecular weight is 314 g/mol. The van der Waals surface area contributed by atoms with E-state index >= 15 is 0 Å². The fourth-order valence-electron chi connectivity index (χ4n) is 2.97. The van der Waals surface area contributed by atoms with Gasteiger partial charge in [0.1, 0.15) is 10.9 Å². The average Bonchev–Trinajstić information content (AvgIpc) is 2.94. The summed E-state index contributed by atoms with van der Waals surface area (Å²) < 4.78 is 4.06. The summed E-state index contributed by atoms with van der Waals surface area (Å²) in [6.45, 7) is 1.75. The fraction of sp³-hybridized carbons (Fsp3) is 0.615. The van der Waals surface area contributed by atoms with Crippen LogP contribution >= 0.6 is 23.1 Å². The molecule has 20 heavy (non-hydrogen) atoms. The monoisotopic (exact) mass is 313 g/mol. The number of aromatic nitrogens is 2. The maximum Gasteiger partial charge on any atom is 0.274 e. The van der Waals surface area contributed by atoms with Gasteiger partial charge in [0.05, 0.1) is 0 Å². The summed E-state index contributed by atoms with van der Waals surface area (Å²) in [5, 5.41) is 11.1. The van der Waals surface area contributed by atoms with Gasteiger partial charge in [-0.1, -0.05) is 30.9 Å². The van der Waals surface area contributed by atoms with Gasteiger partial charge in [-0.15, -0.1) is 0 Å². The number of hydrogen-bond acceptors (Lipinski definition) is 5. The molecule has 1 aliphatic heterocycles. The highest BCUT2D eigenvalue weighted by Crippen LogP contribution is 2.41. The number of aliphatic hydroxyl groups excluding tert-OH is 1. The molecule has 1 aliphatic carbocycles. The van der Waals surface area contributed by atoms with Gasteiger partial charge in [0.2, 0.25) is 5.13 Å². The Labute approximate surface area is 126 Å². The number of carbonyl (C=O) groups is 1. The Balaban J connectivity index is 1.90. The third-order valence-electron chi connectivity index (χ3n) is 3.95. The molecule has 7 heteroatoms. The van der Waals surface area contributed by atoms with E-state index in [1.54, 1.807) is 6.92 Å². The van der Waals surface area contributed by atoms with Crippen LogP contribution in [0.4, 0.5) is 5.13 Å². The van der Waals surface area contributed by atoms with Gasteiger partial charge in [-0.3, -0.25) is 9.69 Å². The van der Waals surface area contributed by atoms with Crippen molar-refractivity contribution < 1.29 is 9.90 Å². The van der Waals surface area contributed by atoms with E-state index in [9.17, 15) is 9.90 Å². The van der Waals surface area contributed by atoms with Crippen LogP contribution in [0.2, 0.25) is 0 Å². The van der Waals surface area contributed by atoms with Gasteiger partial charge in [-0.25, -0.2) is 4.98 Å². The predicted octanol–water partition coefficient (Wildman–Crippen LogP) is 2.58. The highest BCUT2D eigenvalue weighted by molar-refractivity contribution is 7.10. The predicted molar refractivity (Wildman–Crippen MR) is 77.6 cm³/mol. The Morgan fingerprint density at radius 1 is 1.35 bits per heavy atom. The van der Waals surface area contributed by atoms with E-state index in [1.165, 1.54) is 11.3 Å². The molecule has 2 heterocycles. The molecule has 1 N–H and O–H groups in total. The van der Waals surface area contributed by atoms with Crippen molar-refractivity contribution in [3.63, 3.8) is 0 Å². The summed E-state index contributed by atoms with van der Waals surface area (Å²) >= 11 is 7.30. The summed E-state index contributed by atoms with van der Waals surface area (Å²) in [7, 11) is 0. The second-order valence-electron chi connectivity index (χ2n) is 5.28. The molecule has 1 atom stereocenters. The third kappa shape index (κ3) is 2.25. The Morgan fingerprint density at radius 2 is 2.05 bits per heavy atom. The molecule has 5 nitrogen and oxygen atoms in total. The van der Waals surface area contributed by atoms with Gasteiger partial charge < -0.3 is 5.11 Å². The SMILES string of the molecule is Cc1nsc(N2C(=O)C(Cl)=C(C3CCCCC3)C2O)n1. The maximum atomic E-state index is 12.3. The first-order valence-electron chi connectivity index (χ1n) is 6.81. The van der Waals surface area contributed by atoms with Crippen LogP contribution in [0.1, 0.15) is 37.9 Å². The molecule has 1 unspecified atom stereocenters. The van der Waals surface area contributed by atoms with Crippen LogP contribution in [-0.2, 0) is 4.79 Å². The van der Waals surface area contributed by atoms with Crippen LogP contribution in [0.5, 0.6) is 0 Å². The second kappa shape index (κ2) is 5.42. The fourth-order valence-corrected chi connectivity index (χ4v) is 4.01. The number of hydrogen-bond donors (Lipinski definition) is 1. The summed E-state index contributed by atoms with van der Waals surface area (Å²) in [4.78, 5) is 17.7. The van der Waals surface area contributed by atoms with Gasteiger partial charge in [0.25, 0.3) is 5.91 Å². The maximum absolute atomic E-state index is 12.3. The lowest BCUT2D eigenvalue weighted by Crippen LogP contribution is -2.36. The minimum absolute atomic E-state index is 0.164. The number of amides is 1. The van der Waals surface area contributed by atoms with Gasteiger partial charge >= 0.3 is 0 Å². The summed E-state index contributed by atoms with van der Waals surface area (Å²) in [5.74, 6) is 0.428. The van der Waals surface area contributed by atoms with Crippen molar-refractivity contribution in [2.75, 3.05) is 4.90 Å². The molecule has 0 aromatic carbocycles. The van der Waals surface area contributed by atoms with Crippen LogP contribution in [-0.4, -0.2) is 26.6 Å². The second-order valence-corrected chi connectivity index (χ2v) is 6.39. The zero-order chi connectivity index (χ0) is 14.3. The van der Waals surface area contributed by atoms with Crippen molar-refractivity contribution in [2.24, 2.45) is 5.92 Å². The van der Waals surface area contributed by atoms with E-state index in [0.29, 0.717) is 16.5 Å². The van der Waals surface area contributed by atoms with Crippen LogP contribution < -0.4 is 4.90 Å². The van der Waals surface area contributed by atoms with Crippen molar-refractivity contribution in [3.05, 3.63) is 16.4 Å². The first-order chi connectivity index (χ1) is 9.59. The molecule has 2 aliphatic rings. The largest absolute Gasteiger partial charge is 0.369 e. The van der Waals surface area contributed by atoms with Crippen LogP contribution in [0.25, 0.3) is 0 Å². The molecule has 1 amide bonds. The van der Waals surface area contributed by atoms with E-state index in [-0.39, 0.29) is 16.9 Å². The van der Waals surface area contributed by atoms with Crippen molar-refractivity contribution in [1.82, 2.24) is 9.36 Å². The highest BCUT2D eigenvalue weighted by atomic mass is 35.5.